The molecule has 2 heteroatoms. The van der Waals surface area contributed by atoms with Crippen molar-refractivity contribution in [2.24, 2.45) is 17.8 Å². The summed E-state index contributed by atoms with van der Waals surface area (Å²) in [7, 11) is 0. The first-order valence-electron chi connectivity index (χ1n) is 9.11. The number of amides is 1. The Morgan fingerprint density at radius 3 is 2.62 bits per heavy atom. The zero-order valence-corrected chi connectivity index (χ0v) is 13.8. The number of nitrogens with one attached hydrogen (secondary N) is 1. The normalized spacial score (nSPS) is 30.8. The average Bonchev–Trinajstić information content (AvgIpc) is 2.50. The fourth-order valence-corrected chi connectivity index (χ4v) is 4.29. The number of carbonyl (C=O) groups excluding carboxylic acids is 1. The minimum atomic E-state index is 0.289. The standard InChI is InChI=1S/C19H33NO/c1-3-8-17-11-7-12-18(15(17)2)20-19(21)14-13-16-9-5-4-6-10-16/h3,15-18H,1,4-14H2,2H3,(H,20,21). The molecule has 0 aromatic heterocycles. The smallest absolute Gasteiger partial charge is 0.220 e. The van der Waals surface area contributed by atoms with Gasteiger partial charge in [0.05, 0.1) is 0 Å². The summed E-state index contributed by atoms with van der Waals surface area (Å²) >= 11 is 0. The lowest BCUT2D eigenvalue weighted by molar-refractivity contribution is -0.122. The van der Waals surface area contributed by atoms with Crippen LogP contribution in [0, 0.1) is 17.8 Å². The van der Waals surface area contributed by atoms with Crippen LogP contribution in [0.5, 0.6) is 0 Å². The van der Waals surface area contributed by atoms with E-state index < -0.39 is 0 Å². The fourth-order valence-electron chi connectivity index (χ4n) is 4.29. The lowest BCUT2D eigenvalue weighted by atomic mass is 9.75. The van der Waals surface area contributed by atoms with Crippen LogP contribution in [0.1, 0.15) is 77.6 Å². The molecule has 0 heterocycles. The Morgan fingerprint density at radius 1 is 1.14 bits per heavy atom. The van der Waals surface area contributed by atoms with Crippen molar-refractivity contribution in [3.05, 3.63) is 12.7 Å². The summed E-state index contributed by atoms with van der Waals surface area (Å²) in [5.41, 5.74) is 0. The maximum absolute atomic E-state index is 12.2. The Kier molecular flexibility index (Phi) is 6.79. The molecule has 2 nitrogen and oxygen atoms in total. The molecule has 2 saturated carbocycles. The maximum Gasteiger partial charge on any atom is 0.220 e. The molecular formula is C19H33NO. The van der Waals surface area contributed by atoms with Crippen LogP contribution in [-0.2, 0) is 4.79 Å². The second kappa shape index (κ2) is 8.60. The van der Waals surface area contributed by atoms with Crippen LogP contribution in [-0.4, -0.2) is 11.9 Å². The van der Waals surface area contributed by atoms with E-state index in [1.165, 1.54) is 44.9 Å². The third-order valence-electron chi connectivity index (χ3n) is 5.79. The Hall–Kier alpha value is -0.790. The van der Waals surface area contributed by atoms with Crippen molar-refractivity contribution in [2.45, 2.75) is 83.6 Å². The summed E-state index contributed by atoms with van der Waals surface area (Å²) in [4.78, 5) is 12.2. The van der Waals surface area contributed by atoms with E-state index in [4.69, 9.17) is 0 Å². The molecule has 120 valence electrons. The summed E-state index contributed by atoms with van der Waals surface area (Å²) in [5, 5.41) is 3.32. The first-order chi connectivity index (χ1) is 10.2. The van der Waals surface area contributed by atoms with Gasteiger partial charge in [-0.25, -0.2) is 0 Å². The van der Waals surface area contributed by atoms with E-state index in [9.17, 15) is 4.79 Å². The Morgan fingerprint density at radius 2 is 1.90 bits per heavy atom. The van der Waals surface area contributed by atoms with Gasteiger partial charge in [-0.3, -0.25) is 4.79 Å². The average molecular weight is 291 g/mol. The molecule has 0 aliphatic heterocycles. The molecule has 0 bridgehead atoms. The highest BCUT2D eigenvalue weighted by Gasteiger charge is 2.30. The van der Waals surface area contributed by atoms with Crippen LogP contribution in [0.3, 0.4) is 0 Å². The monoisotopic (exact) mass is 291 g/mol. The molecule has 3 atom stereocenters. The second-order valence-electron chi connectivity index (χ2n) is 7.29. The first-order valence-corrected chi connectivity index (χ1v) is 9.11. The van der Waals surface area contributed by atoms with Crippen LogP contribution >= 0.6 is 0 Å². The van der Waals surface area contributed by atoms with Crippen molar-refractivity contribution in [1.82, 2.24) is 5.32 Å². The number of hydrogen-bond donors (Lipinski definition) is 1. The van der Waals surface area contributed by atoms with Gasteiger partial charge in [0, 0.05) is 12.5 Å². The quantitative estimate of drug-likeness (QED) is 0.697. The molecule has 0 spiro atoms. The summed E-state index contributed by atoms with van der Waals surface area (Å²) in [6.07, 6.45) is 15.5. The van der Waals surface area contributed by atoms with E-state index in [-0.39, 0.29) is 5.91 Å². The minimum Gasteiger partial charge on any atom is -0.353 e. The van der Waals surface area contributed by atoms with Gasteiger partial charge in [-0.05, 0) is 43.4 Å². The van der Waals surface area contributed by atoms with Gasteiger partial charge in [0.25, 0.3) is 0 Å². The molecule has 2 aliphatic rings. The van der Waals surface area contributed by atoms with Crippen LogP contribution < -0.4 is 5.32 Å². The Labute approximate surface area is 130 Å². The van der Waals surface area contributed by atoms with Gasteiger partial charge in [0.1, 0.15) is 0 Å². The number of allylic oxidation sites excluding steroid dienone is 1. The molecule has 0 aromatic rings. The SMILES string of the molecule is C=CCC1CCCC(NC(=O)CCC2CCCCC2)C1C. The Bertz CT molecular complexity index is 332. The van der Waals surface area contributed by atoms with Crippen LogP contribution in [0.2, 0.25) is 0 Å². The fraction of sp³-hybridized carbons (Fsp3) is 0.842. The maximum atomic E-state index is 12.2. The minimum absolute atomic E-state index is 0.289. The molecule has 1 N–H and O–H groups in total. The van der Waals surface area contributed by atoms with Gasteiger partial charge in [-0.15, -0.1) is 6.58 Å². The van der Waals surface area contributed by atoms with Crippen molar-refractivity contribution in [2.75, 3.05) is 0 Å². The summed E-state index contributed by atoms with van der Waals surface area (Å²) in [5.74, 6) is 2.40. The second-order valence-corrected chi connectivity index (χ2v) is 7.29. The summed E-state index contributed by atoms with van der Waals surface area (Å²) in [6, 6.07) is 0.391. The molecule has 3 unspecified atom stereocenters. The van der Waals surface area contributed by atoms with Crippen molar-refractivity contribution >= 4 is 5.91 Å². The number of hydrogen-bond acceptors (Lipinski definition) is 1. The van der Waals surface area contributed by atoms with E-state index in [1.54, 1.807) is 0 Å². The summed E-state index contributed by atoms with van der Waals surface area (Å²) < 4.78 is 0. The van der Waals surface area contributed by atoms with E-state index in [0.717, 1.165) is 31.6 Å². The Balaban J connectivity index is 1.72. The van der Waals surface area contributed by atoms with Crippen molar-refractivity contribution in [3.8, 4) is 0 Å². The van der Waals surface area contributed by atoms with Crippen LogP contribution in [0.4, 0.5) is 0 Å². The van der Waals surface area contributed by atoms with E-state index in [1.807, 2.05) is 6.08 Å². The predicted octanol–water partition coefficient (Wildman–Crippen LogP) is 4.84. The van der Waals surface area contributed by atoms with Crippen LogP contribution in [0.15, 0.2) is 12.7 Å². The topological polar surface area (TPSA) is 29.1 Å². The zero-order chi connectivity index (χ0) is 15.1. The van der Waals surface area contributed by atoms with Crippen LogP contribution in [0.25, 0.3) is 0 Å². The van der Waals surface area contributed by atoms with Gasteiger partial charge in [0.2, 0.25) is 5.91 Å². The van der Waals surface area contributed by atoms with E-state index in [2.05, 4.69) is 18.8 Å². The third kappa shape index (κ3) is 5.16. The van der Waals surface area contributed by atoms with Crippen molar-refractivity contribution in [1.29, 1.82) is 0 Å². The van der Waals surface area contributed by atoms with Crippen molar-refractivity contribution < 1.29 is 4.79 Å². The molecule has 21 heavy (non-hydrogen) atoms. The highest BCUT2D eigenvalue weighted by Crippen LogP contribution is 2.33. The van der Waals surface area contributed by atoms with Gasteiger partial charge in [-0.1, -0.05) is 51.5 Å². The van der Waals surface area contributed by atoms with E-state index >= 15 is 0 Å². The van der Waals surface area contributed by atoms with Gasteiger partial charge in [0.15, 0.2) is 0 Å². The van der Waals surface area contributed by atoms with Crippen molar-refractivity contribution in [3.63, 3.8) is 0 Å². The van der Waals surface area contributed by atoms with Gasteiger partial charge >= 0.3 is 0 Å². The molecule has 2 fully saturated rings. The highest BCUT2D eigenvalue weighted by molar-refractivity contribution is 5.76. The number of carbonyl (C=O) groups is 1. The molecule has 0 radical (unpaired) electrons. The molecule has 0 aromatic carbocycles. The van der Waals surface area contributed by atoms with E-state index in [0.29, 0.717) is 17.9 Å². The number of rotatable bonds is 6. The predicted molar refractivity (Wildman–Crippen MR) is 89.1 cm³/mol. The highest BCUT2D eigenvalue weighted by atomic mass is 16.1. The molecule has 2 aliphatic carbocycles. The lowest BCUT2D eigenvalue weighted by Crippen LogP contribution is -2.44. The molecule has 0 saturated heterocycles. The zero-order valence-electron chi connectivity index (χ0n) is 13.8. The lowest BCUT2D eigenvalue weighted by Gasteiger charge is -2.36. The molecule has 2 rings (SSSR count). The molecule has 1 amide bonds. The first kappa shape index (κ1) is 16.6. The summed E-state index contributed by atoms with van der Waals surface area (Å²) in [6.45, 7) is 6.17. The van der Waals surface area contributed by atoms with Gasteiger partial charge in [-0.2, -0.15) is 0 Å². The van der Waals surface area contributed by atoms with Gasteiger partial charge < -0.3 is 5.32 Å². The molecular weight excluding hydrogens is 258 g/mol. The largest absolute Gasteiger partial charge is 0.353 e. The third-order valence-corrected chi connectivity index (χ3v) is 5.79.